The number of ether oxygens (including phenoxy) is 2. The fourth-order valence-corrected chi connectivity index (χ4v) is 3.26. The summed E-state index contributed by atoms with van der Waals surface area (Å²) in [5.74, 6) is 0.972. The first-order chi connectivity index (χ1) is 11.6. The number of piperidine rings is 1. The highest BCUT2D eigenvalue weighted by Crippen LogP contribution is 2.31. The minimum atomic E-state index is -0.383. The van der Waals surface area contributed by atoms with Crippen molar-refractivity contribution in [2.45, 2.75) is 19.3 Å². The number of nitrogens with zero attached hydrogens (tertiary/aromatic N) is 1. The molecule has 1 heterocycles. The average molecular weight is 391 g/mol. The minimum Gasteiger partial charge on any atom is -0.494 e. The lowest BCUT2D eigenvalue weighted by Crippen LogP contribution is -2.50. The van der Waals surface area contributed by atoms with Gasteiger partial charge in [0.1, 0.15) is 5.75 Å². The van der Waals surface area contributed by atoms with E-state index in [1.165, 1.54) is 0 Å². The van der Waals surface area contributed by atoms with Gasteiger partial charge in [-0.1, -0.05) is 11.6 Å². The summed E-state index contributed by atoms with van der Waals surface area (Å²) in [5.41, 5.74) is -0.383. The standard InChI is InChI=1S/C18H27ClN2O3.ClH/c1-21(12-3-13-24-16-6-4-15(19)5-7-16)17(22)18(14-23-2)8-10-20-11-9-18;/h4-7,20H,3,8-14H2,1-2H3;1H. The van der Waals surface area contributed by atoms with Gasteiger partial charge in [-0.25, -0.2) is 0 Å². The molecule has 0 aliphatic carbocycles. The molecule has 142 valence electrons. The molecule has 0 unspecified atom stereocenters. The maximum atomic E-state index is 12.9. The second-order valence-electron chi connectivity index (χ2n) is 6.35. The maximum absolute atomic E-state index is 12.9. The Morgan fingerprint density at radius 2 is 1.92 bits per heavy atom. The average Bonchev–Trinajstić information content (AvgIpc) is 2.60. The Hall–Kier alpha value is -1.01. The van der Waals surface area contributed by atoms with Crippen LogP contribution in [0, 0.1) is 5.41 Å². The second kappa shape index (κ2) is 10.9. The van der Waals surface area contributed by atoms with Crippen molar-refractivity contribution in [2.24, 2.45) is 5.41 Å². The molecule has 1 amide bonds. The molecule has 1 saturated heterocycles. The molecule has 1 aliphatic heterocycles. The van der Waals surface area contributed by atoms with Crippen LogP contribution in [0.15, 0.2) is 24.3 Å². The summed E-state index contributed by atoms with van der Waals surface area (Å²) in [6.45, 7) is 3.45. The molecule has 2 rings (SSSR count). The normalized spacial score (nSPS) is 16.0. The van der Waals surface area contributed by atoms with Gasteiger partial charge in [0.05, 0.1) is 18.6 Å². The summed E-state index contributed by atoms with van der Waals surface area (Å²) in [6.07, 6.45) is 2.43. The van der Waals surface area contributed by atoms with E-state index in [-0.39, 0.29) is 23.7 Å². The van der Waals surface area contributed by atoms with Crippen LogP contribution in [-0.2, 0) is 9.53 Å². The van der Waals surface area contributed by atoms with Gasteiger partial charge in [0.15, 0.2) is 0 Å². The van der Waals surface area contributed by atoms with Crippen LogP contribution in [0.2, 0.25) is 5.02 Å². The highest BCUT2D eigenvalue weighted by molar-refractivity contribution is 6.30. The summed E-state index contributed by atoms with van der Waals surface area (Å²) in [7, 11) is 3.53. The Kier molecular flexibility index (Phi) is 9.57. The molecule has 7 heteroatoms. The number of halogens is 2. The van der Waals surface area contributed by atoms with Crippen molar-refractivity contribution in [2.75, 3.05) is 47.0 Å². The van der Waals surface area contributed by atoms with Crippen molar-refractivity contribution < 1.29 is 14.3 Å². The van der Waals surface area contributed by atoms with E-state index in [9.17, 15) is 4.79 Å². The van der Waals surface area contributed by atoms with Crippen LogP contribution in [0.25, 0.3) is 0 Å². The quantitative estimate of drug-likeness (QED) is 0.693. The van der Waals surface area contributed by atoms with Gasteiger partial charge in [-0.2, -0.15) is 0 Å². The predicted molar refractivity (Wildman–Crippen MR) is 103 cm³/mol. The molecule has 1 aromatic carbocycles. The van der Waals surface area contributed by atoms with Gasteiger partial charge in [-0.3, -0.25) is 4.79 Å². The van der Waals surface area contributed by atoms with Crippen LogP contribution < -0.4 is 10.1 Å². The fourth-order valence-electron chi connectivity index (χ4n) is 3.13. The number of hydrogen-bond donors (Lipinski definition) is 1. The third-order valence-electron chi connectivity index (χ3n) is 4.50. The molecule has 0 saturated carbocycles. The number of amides is 1. The highest BCUT2D eigenvalue weighted by Gasteiger charge is 2.41. The Morgan fingerprint density at radius 1 is 1.28 bits per heavy atom. The molecule has 25 heavy (non-hydrogen) atoms. The molecule has 1 fully saturated rings. The molecule has 0 aromatic heterocycles. The zero-order valence-corrected chi connectivity index (χ0v) is 16.5. The molecule has 0 radical (unpaired) electrons. The van der Waals surface area contributed by atoms with Crippen molar-refractivity contribution in [3.63, 3.8) is 0 Å². The summed E-state index contributed by atoms with van der Waals surface area (Å²) in [6, 6.07) is 7.30. The van der Waals surface area contributed by atoms with Crippen molar-refractivity contribution in [3.05, 3.63) is 29.3 Å². The summed E-state index contributed by atoms with van der Waals surface area (Å²) >= 11 is 5.85. The number of benzene rings is 1. The van der Waals surface area contributed by atoms with Crippen molar-refractivity contribution >= 4 is 29.9 Å². The Bertz CT molecular complexity index is 514. The van der Waals surface area contributed by atoms with Gasteiger partial charge in [0.2, 0.25) is 5.91 Å². The van der Waals surface area contributed by atoms with Crippen molar-refractivity contribution in [1.29, 1.82) is 0 Å². The zero-order valence-electron chi connectivity index (χ0n) is 14.9. The van der Waals surface area contributed by atoms with Crippen LogP contribution in [0.4, 0.5) is 0 Å². The lowest BCUT2D eigenvalue weighted by Gasteiger charge is -2.38. The Balaban J connectivity index is 0.00000312. The number of nitrogens with one attached hydrogen (secondary N) is 1. The number of carbonyl (C=O) groups excluding carboxylic acids is 1. The third-order valence-corrected chi connectivity index (χ3v) is 4.75. The van der Waals surface area contributed by atoms with Crippen LogP contribution in [0.5, 0.6) is 5.75 Å². The molecular formula is C18H28Cl2N2O3. The summed E-state index contributed by atoms with van der Waals surface area (Å²) in [4.78, 5) is 14.7. The van der Waals surface area contributed by atoms with E-state index < -0.39 is 0 Å². The van der Waals surface area contributed by atoms with Gasteiger partial charge in [0.25, 0.3) is 0 Å². The molecular weight excluding hydrogens is 363 g/mol. The first-order valence-electron chi connectivity index (χ1n) is 8.41. The summed E-state index contributed by atoms with van der Waals surface area (Å²) in [5, 5.41) is 4.00. The van der Waals surface area contributed by atoms with Gasteiger partial charge in [-0.05, 0) is 56.6 Å². The van der Waals surface area contributed by atoms with E-state index in [1.54, 1.807) is 19.2 Å². The fraction of sp³-hybridized carbons (Fsp3) is 0.611. The topological polar surface area (TPSA) is 50.8 Å². The highest BCUT2D eigenvalue weighted by atomic mass is 35.5. The van der Waals surface area contributed by atoms with Gasteiger partial charge >= 0.3 is 0 Å². The maximum Gasteiger partial charge on any atom is 0.230 e. The molecule has 5 nitrogen and oxygen atoms in total. The molecule has 1 aliphatic rings. The smallest absolute Gasteiger partial charge is 0.230 e. The summed E-state index contributed by atoms with van der Waals surface area (Å²) < 4.78 is 11.0. The predicted octanol–water partition coefficient (Wildman–Crippen LogP) is 3.01. The van der Waals surface area contributed by atoms with E-state index in [2.05, 4.69) is 5.32 Å². The molecule has 0 spiro atoms. The lowest BCUT2D eigenvalue weighted by molar-refractivity contribution is -0.146. The van der Waals surface area contributed by atoms with Crippen molar-refractivity contribution in [1.82, 2.24) is 10.2 Å². The monoisotopic (exact) mass is 390 g/mol. The SMILES string of the molecule is COCC1(C(=O)N(C)CCCOc2ccc(Cl)cc2)CCNCC1.Cl. The first kappa shape index (κ1) is 22.0. The lowest BCUT2D eigenvalue weighted by atomic mass is 9.78. The molecule has 1 N–H and O–H groups in total. The second-order valence-corrected chi connectivity index (χ2v) is 6.78. The first-order valence-corrected chi connectivity index (χ1v) is 8.79. The number of carbonyl (C=O) groups is 1. The van der Waals surface area contributed by atoms with Crippen LogP contribution >= 0.6 is 24.0 Å². The van der Waals surface area contributed by atoms with Crippen molar-refractivity contribution in [3.8, 4) is 5.75 Å². The Morgan fingerprint density at radius 3 is 2.52 bits per heavy atom. The van der Waals surface area contributed by atoms with E-state index in [0.717, 1.165) is 38.1 Å². The largest absolute Gasteiger partial charge is 0.494 e. The van der Waals surface area contributed by atoms with Gasteiger partial charge in [0, 0.05) is 25.7 Å². The van der Waals surface area contributed by atoms with Crippen LogP contribution in [0.3, 0.4) is 0 Å². The van der Waals surface area contributed by atoms with Crippen LogP contribution in [0.1, 0.15) is 19.3 Å². The third kappa shape index (κ3) is 6.33. The molecule has 1 aromatic rings. The van der Waals surface area contributed by atoms with E-state index in [4.69, 9.17) is 21.1 Å². The van der Waals surface area contributed by atoms with E-state index in [1.807, 2.05) is 24.1 Å². The Labute approximate surface area is 161 Å². The van der Waals surface area contributed by atoms with Crippen LogP contribution in [-0.4, -0.2) is 57.8 Å². The van der Waals surface area contributed by atoms with E-state index >= 15 is 0 Å². The van der Waals surface area contributed by atoms with Gasteiger partial charge in [-0.15, -0.1) is 12.4 Å². The minimum absolute atomic E-state index is 0. The number of rotatable bonds is 8. The number of hydrogen-bond acceptors (Lipinski definition) is 4. The molecule has 0 atom stereocenters. The molecule has 0 bridgehead atoms. The zero-order chi connectivity index (χ0) is 17.4. The van der Waals surface area contributed by atoms with Gasteiger partial charge < -0.3 is 19.7 Å². The number of methoxy groups -OCH3 is 1. The van der Waals surface area contributed by atoms with E-state index in [0.29, 0.717) is 24.8 Å².